The van der Waals surface area contributed by atoms with Crippen molar-refractivity contribution >= 4 is 11.8 Å². The van der Waals surface area contributed by atoms with E-state index in [2.05, 4.69) is 20.6 Å². The molecule has 2 aromatic heterocycles. The van der Waals surface area contributed by atoms with Gasteiger partial charge in [0.15, 0.2) is 12.4 Å². The number of hydrogen-bond donors (Lipinski definition) is 1. The van der Waals surface area contributed by atoms with Crippen LogP contribution in [-0.2, 0) is 17.5 Å². The zero-order valence-corrected chi connectivity index (χ0v) is 16.0. The van der Waals surface area contributed by atoms with Gasteiger partial charge in [-0.05, 0) is 17.3 Å². The van der Waals surface area contributed by atoms with Gasteiger partial charge >= 0.3 is 12.1 Å². The average molecular weight is 438 g/mol. The molecule has 0 saturated carbocycles. The number of piperidine rings is 1. The van der Waals surface area contributed by atoms with E-state index in [4.69, 9.17) is 14.4 Å². The van der Waals surface area contributed by atoms with Gasteiger partial charge in [0, 0.05) is 32.0 Å². The number of rotatable bonds is 6. The Morgan fingerprint density at radius 1 is 1.26 bits per heavy atom. The summed E-state index contributed by atoms with van der Waals surface area (Å²) in [4.78, 5) is 13.5. The Morgan fingerprint density at radius 3 is 2.71 bits per heavy atom. The van der Waals surface area contributed by atoms with Gasteiger partial charge in [-0.15, -0.1) is 10.2 Å². The molecule has 10 nitrogen and oxygen atoms in total. The molecule has 1 aliphatic rings. The summed E-state index contributed by atoms with van der Waals surface area (Å²) >= 11 is 0. The first kappa shape index (κ1) is 20.6. The molecule has 3 aromatic rings. The molecule has 1 aliphatic heterocycles. The number of halogens is 3. The monoisotopic (exact) mass is 438 g/mol. The van der Waals surface area contributed by atoms with Crippen LogP contribution in [0.2, 0.25) is 0 Å². The van der Waals surface area contributed by atoms with Crippen LogP contribution in [0.4, 0.5) is 19.0 Å². The van der Waals surface area contributed by atoms with Crippen LogP contribution in [0.5, 0.6) is 5.75 Å². The highest BCUT2D eigenvalue weighted by atomic mass is 19.4. The normalized spacial score (nSPS) is 15.3. The minimum Gasteiger partial charge on any atom is -0.490 e. The molecular weight excluding hydrogens is 421 g/mol. The molecule has 1 saturated heterocycles. The predicted octanol–water partition coefficient (Wildman–Crippen LogP) is 2.48. The van der Waals surface area contributed by atoms with Crippen molar-refractivity contribution in [2.24, 2.45) is 0 Å². The molecule has 0 amide bonds. The van der Waals surface area contributed by atoms with E-state index < -0.39 is 24.3 Å². The third kappa shape index (κ3) is 4.75. The smallest absolute Gasteiger partial charge is 0.419 e. The van der Waals surface area contributed by atoms with E-state index >= 15 is 0 Å². The molecular formula is C18H17F3N6O4. The minimum atomic E-state index is -4.48. The molecule has 164 valence electrons. The lowest BCUT2D eigenvalue weighted by atomic mass is 10.1. The summed E-state index contributed by atoms with van der Waals surface area (Å²) in [5.74, 6) is -0.442. The van der Waals surface area contributed by atoms with Crippen LogP contribution in [0.25, 0.3) is 11.6 Å². The van der Waals surface area contributed by atoms with Crippen LogP contribution in [0.1, 0.15) is 18.4 Å². The number of para-hydroxylation sites is 1. The number of tetrazole rings is 1. The zero-order chi connectivity index (χ0) is 22.0. The van der Waals surface area contributed by atoms with E-state index in [1.54, 1.807) is 6.07 Å². The molecule has 4 rings (SSSR count). The van der Waals surface area contributed by atoms with Crippen molar-refractivity contribution in [2.75, 3.05) is 18.0 Å². The molecule has 1 aromatic carbocycles. The number of carbonyl (C=O) groups is 1. The Labute approximate surface area is 173 Å². The summed E-state index contributed by atoms with van der Waals surface area (Å²) in [5, 5.41) is 24.0. The number of alkyl halides is 3. The van der Waals surface area contributed by atoms with Crippen molar-refractivity contribution in [1.82, 2.24) is 25.4 Å². The number of nitrogens with zero attached hydrogens (tertiary/aromatic N) is 6. The van der Waals surface area contributed by atoms with Crippen LogP contribution in [0.15, 0.2) is 34.9 Å². The number of hydrogen-bond acceptors (Lipinski definition) is 8. The second kappa shape index (κ2) is 8.24. The fourth-order valence-electron chi connectivity index (χ4n) is 3.24. The summed E-state index contributed by atoms with van der Waals surface area (Å²) < 4.78 is 50.3. The number of carboxylic acid groups (broad SMARTS) is 1. The lowest BCUT2D eigenvalue weighted by molar-refractivity contribution is -0.139. The van der Waals surface area contributed by atoms with Gasteiger partial charge in [-0.1, -0.05) is 17.3 Å². The Morgan fingerprint density at radius 2 is 2.00 bits per heavy atom. The van der Waals surface area contributed by atoms with Crippen LogP contribution >= 0.6 is 0 Å². The van der Waals surface area contributed by atoms with Gasteiger partial charge in [-0.3, -0.25) is 4.79 Å². The van der Waals surface area contributed by atoms with Gasteiger partial charge in [-0.2, -0.15) is 18.0 Å². The fraction of sp³-hybridized carbons (Fsp3) is 0.389. The molecule has 0 bridgehead atoms. The van der Waals surface area contributed by atoms with E-state index in [1.165, 1.54) is 18.2 Å². The molecule has 0 atom stereocenters. The fourth-order valence-corrected chi connectivity index (χ4v) is 3.24. The van der Waals surface area contributed by atoms with Crippen LogP contribution in [0.3, 0.4) is 0 Å². The van der Waals surface area contributed by atoms with Gasteiger partial charge in [0.2, 0.25) is 11.6 Å². The van der Waals surface area contributed by atoms with Crippen LogP contribution in [-0.4, -0.2) is 55.6 Å². The van der Waals surface area contributed by atoms with Crippen molar-refractivity contribution in [3.05, 3.63) is 35.9 Å². The van der Waals surface area contributed by atoms with E-state index in [1.807, 2.05) is 4.90 Å². The average Bonchev–Trinajstić information content (AvgIpc) is 3.37. The second-order valence-electron chi connectivity index (χ2n) is 6.88. The summed E-state index contributed by atoms with van der Waals surface area (Å²) in [6.07, 6.45) is -3.83. The molecule has 0 spiro atoms. The van der Waals surface area contributed by atoms with Gasteiger partial charge in [0.05, 0.1) is 5.56 Å². The highest BCUT2D eigenvalue weighted by Crippen LogP contribution is 2.37. The maximum Gasteiger partial charge on any atom is 0.419 e. The number of ether oxygens (including phenoxy) is 1. The SMILES string of the molecule is O=C(O)Cn1nnc(-c2cc(N3CCC(Oc4ccccc4C(F)(F)F)CC3)no2)n1. The summed E-state index contributed by atoms with van der Waals surface area (Å²) in [6.45, 7) is 0.576. The third-order valence-corrected chi connectivity index (χ3v) is 4.70. The number of aromatic nitrogens is 5. The lowest BCUT2D eigenvalue weighted by Crippen LogP contribution is -2.38. The van der Waals surface area contributed by atoms with Gasteiger partial charge in [0.1, 0.15) is 11.9 Å². The number of carboxylic acids is 1. The molecule has 0 unspecified atom stereocenters. The van der Waals surface area contributed by atoms with Gasteiger partial charge in [-0.25, -0.2) is 0 Å². The number of benzene rings is 1. The van der Waals surface area contributed by atoms with E-state index in [0.717, 1.165) is 10.9 Å². The molecule has 0 radical (unpaired) electrons. The Hall–Kier alpha value is -3.64. The first-order valence-electron chi connectivity index (χ1n) is 9.34. The van der Waals surface area contributed by atoms with Crippen LogP contribution in [0, 0.1) is 0 Å². The largest absolute Gasteiger partial charge is 0.490 e. The first-order valence-corrected chi connectivity index (χ1v) is 9.34. The zero-order valence-electron chi connectivity index (χ0n) is 16.0. The highest BCUT2D eigenvalue weighted by molar-refractivity contribution is 5.66. The lowest BCUT2D eigenvalue weighted by Gasteiger charge is -2.32. The quantitative estimate of drug-likeness (QED) is 0.619. The summed E-state index contributed by atoms with van der Waals surface area (Å²) in [6, 6.07) is 6.76. The van der Waals surface area contributed by atoms with E-state index in [0.29, 0.717) is 31.7 Å². The minimum absolute atomic E-state index is 0.0991. The maximum atomic E-state index is 13.1. The highest BCUT2D eigenvalue weighted by Gasteiger charge is 2.35. The summed E-state index contributed by atoms with van der Waals surface area (Å²) in [7, 11) is 0. The Bertz CT molecular complexity index is 1060. The standard InChI is InChI=1S/C18H17F3N6O4/c19-18(20,21)12-3-1-2-4-13(12)30-11-5-7-26(8-6-11)15-9-14(31-24-15)17-22-25-27(23-17)10-16(28)29/h1-4,9,11H,5-8,10H2,(H,28,29). The molecule has 13 heteroatoms. The van der Waals surface area contributed by atoms with Crippen LogP contribution < -0.4 is 9.64 Å². The van der Waals surface area contributed by atoms with Gasteiger partial charge in [0.25, 0.3) is 0 Å². The molecule has 1 fully saturated rings. The third-order valence-electron chi connectivity index (χ3n) is 4.70. The molecule has 3 heterocycles. The molecule has 1 N–H and O–H groups in total. The van der Waals surface area contributed by atoms with Crippen molar-refractivity contribution in [3.8, 4) is 17.3 Å². The second-order valence-corrected chi connectivity index (χ2v) is 6.88. The van der Waals surface area contributed by atoms with Gasteiger partial charge < -0.3 is 19.3 Å². The first-order chi connectivity index (χ1) is 14.8. The van der Waals surface area contributed by atoms with Crippen molar-refractivity contribution in [1.29, 1.82) is 0 Å². The Balaban J connectivity index is 1.37. The van der Waals surface area contributed by atoms with Crippen molar-refractivity contribution < 1.29 is 32.3 Å². The topological polar surface area (TPSA) is 119 Å². The molecule has 31 heavy (non-hydrogen) atoms. The van der Waals surface area contributed by atoms with Crippen molar-refractivity contribution in [2.45, 2.75) is 31.7 Å². The van der Waals surface area contributed by atoms with E-state index in [9.17, 15) is 18.0 Å². The van der Waals surface area contributed by atoms with E-state index in [-0.39, 0.29) is 23.4 Å². The Kier molecular flexibility index (Phi) is 5.48. The summed E-state index contributed by atoms with van der Waals surface area (Å²) in [5.41, 5.74) is -0.790. The predicted molar refractivity (Wildman–Crippen MR) is 98.3 cm³/mol. The molecule has 0 aliphatic carbocycles. The number of aliphatic carboxylic acids is 1. The number of anilines is 1. The van der Waals surface area contributed by atoms with Crippen molar-refractivity contribution in [3.63, 3.8) is 0 Å². The maximum absolute atomic E-state index is 13.1.